The van der Waals surface area contributed by atoms with E-state index in [4.69, 9.17) is 0 Å². The molecule has 0 atom stereocenters. The molecule has 0 radical (unpaired) electrons. The number of aromatic amines is 1. The van der Waals surface area contributed by atoms with Gasteiger partial charge in [-0.25, -0.2) is 4.98 Å². The van der Waals surface area contributed by atoms with Crippen LogP contribution in [0.5, 0.6) is 5.75 Å². The molecule has 1 heterocycles. The van der Waals surface area contributed by atoms with Crippen molar-refractivity contribution in [2.45, 2.75) is 9.92 Å². The van der Waals surface area contributed by atoms with E-state index in [0.717, 1.165) is 0 Å². The molecule has 4 nitrogen and oxygen atoms in total. The maximum absolute atomic E-state index is 11.0. The topological polar surface area (TPSA) is 66.0 Å². The molecule has 0 aliphatic rings. The maximum atomic E-state index is 11.0. The van der Waals surface area contributed by atoms with Crippen LogP contribution in [-0.2, 0) is 0 Å². The van der Waals surface area contributed by atoms with Gasteiger partial charge in [0, 0.05) is 6.07 Å². The van der Waals surface area contributed by atoms with Crippen LogP contribution in [0.3, 0.4) is 0 Å². The van der Waals surface area contributed by atoms with Crippen molar-refractivity contribution in [2.75, 3.05) is 0 Å². The second-order valence-corrected chi connectivity index (χ2v) is 3.88. The molecule has 1 aromatic carbocycles. The molecule has 2 rings (SSSR count). The van der Waals surface area contributed by atoms with Crippen molar-refractivity contribution in [3.8, 4) is 5.75 Å². The van der Waals surface area contributed by atoms with Gasteiger partial charge in [0.15, 0.2) is 0 Å². The number of H-pyrrole nitrogens is 1. The van der Waals surface area contributed by atoms with Gasteiger partial charge >= 0.3 is 0 Å². The van der Waals surface area contributed by atoms with Crippen LogP contribution < -0.4 is 5.56 Å². The highest BCUT2D eigenvalue weighted by Crippen LogP contribution is 2.31. The summed E-state index contributed by atoms with van der Waals surface area (Å²) in [7, 11) is 0. The van der Waals surface area contributed by atoms with Gasteiger partial charge in [-0.15, -0.1) is 0 Å². The van der Waals surface area contributed by atoms with Crippen LogP contribution in [0, 0.1) is 0 Å². The number of rotatable bonds is 2. The second kappa shape index (κ2) is 4.18. The van der Waals surface area contributed by atoms with E-state index in [0.29, 0.717) is 9.92 Å². The number of aromatic nitrogens is 2. The summed E-state index contributed by atoms with van der Waals surface area (Å²) >= 11 is 1.25. The number of nitrogens with zero attached hydrogens (tertiary/aromatic N) is 1. The minimum Gasteiger partial charge on any atom is -0.507 e. The van der Waals surface area contributed by atoms with Gasteiger partial charge in [-0.1, -0.05) is 23.9 Å². The molecular formula is C10H8N2O2S. The number of phenolic OH excluding ortho intramolecular Hbond substituents is 1. The van der Waals surface area contributed by atoms with Crippen LogP contribution in [-0.4, -0.2) is 15.1 Å². The first-order chi connectivity index (χ1) is 7.25. The molecule has 2 aromatic rings. The number of hydrogen-bond acceptors (Lipinski definition) is 4. The van der Waals surface area contributed by atoms with Gasteiger partial charge < -0.3 is 10.1 Å². The summed E-state index contributed by atoms with van der Waals surface area (Å²) in [6.45, 7) is 0. The fraction of sp³-hybridized carbons (Fsp3) is 0. The van der Waals surface area contributed by atoms with Gasteiger partial charge in [-0.05, 0) is 12.1 Å². The van der Waals surface area contributed by atoms with Gasteiger partial charge in [-0.2, -0.15) is 0 Å². The fourth-order valence-corrected chi connectivity index (χ4v) is 1.88. The predicted molar refractivity (Wildman–Crippen MR) is 57.1 cm³/mol. The molecule has 1 aromatic heterocycles. The van der Waals surface area contributed by atoms with Crippen LogP contribution in [0.2, 0.25) is 0 Å². The van der Waals surface area contributed by atoms with Crippen molar-refractivity contribution >= 4 is 11.8 Å². The van der Waals surface area contributed by atoms with Crippen molar-refractivity contribution in [1.29, 1.82) is 0 Å². The van der Waals surface area contributed by atoms with E-state index in [1.165, 1.54) is 24.2 Å². The van der Waals surface area contributed by atoms with E-state index in [1.807, 2.05) is 6.07 Å². The lowest BCUT2D eigenvalue weighted by molar-refractivity contribution is 0.462. The lowest BCUT2D eigenvalue weighted by Gasteiger charge is -2.01. The number of hydrogen-bond donors (Lipinski definition) is 2. The average molecular weight is 220 g/mol. The molecule has 0 bridgehead atoms. The quantitative estimate of drug-likeness (QED) is 0.755. The maximum Gasteiger partial charge on any atom is 0.251 e. The fourth-order valence-electron chi connectivity index (χ4n) is 1.06. The Morgan fingerprint density at radius 1 is 1.33 bits per heavy atom. The summed E-state index contributed by atoms with van der Waals surface area (Å²) in [6.07, 6.45) is 1.34. The van der Waals surface area contributed by atoms with Gasteiger partial charge in [0.1, 0.15) is 10.8 Å². The Hall–Kier alpha value is -1.75. The normalized spacial score (nSPS) is 10.1. The molecule has 5 heteroatoms. The van der Waals surface area contributed by atoms with E-state index in [2.05, 4.69) is 9.97 Å². The Balaban J connectivity index is 2.30. The molecule has 2 N–H and O–H groups in total. The third-order valence-corrected chi connectivity index (χ3v) is 2.73. The summed E-state index contributed by atoms with van der Waals surface area (Å²) in [5.74, 6) is 0.185. The monoisotopic (exact) mass is 220 g/mol. The molecule has 15 heavy (non-hydrogen) atoms. The predicted octanol–water partition coefficient (Wildman–Crippen LogP) is 1.63. The Kier molecular flexibility index (Phi) is 2.73. The van der Waals surface area contributed by atoms with Gasteiger partial charge in [0.05, 0.1) is 11.2 Å². The Morgan fingerprint density at radius 2 is 2.13 bits per heavy atom. The molecule has 0 unspecified atom stereocenters. The number of para-hydroxylation sites is 1. The number of aromatic hydroxyl groups is 1. The van der Waals surface area contributed by atoms with Gasteiger partial charge in [0.25, 0.3) is 5.56 Å². The van der Waals surface area contributed by atoms with E-state index in [9.17, 15) is 9.90 Å². The molecular weight excluding hydrogens is 212 g/mol. The molecule has 0 amide bonds. The van der Waals surface area contributed by atoms with Crippen LogP contribution >= 0.6 is 11.8 Å². The Labute approximate surface area is 90.0 Å². The first-order valence-corrected chi connectivity index (χ1v) is 5.08. The third-order valence-electron chi connectivity index (χ3n) is 1.73. The number of nitrogens with one attached hydrogen (secondary N) is 1. The highest BCUT2D eigenvalue weighted by molar-refractivity contribution is 7.99. The highest BCUT2D eigenvalue weighted by Gasteiger charge is 2.03. The Morgan fingerprint density at radius 3 is 2.87 bits per heavy atom. The van der Waals surface area contributed by atoms with Gasteiger partial charge in [0.2, 0.25) is 0 Å². The van der Waals surface area contributed by atoms with Crippen molar-refractivity contribution in [3.05, 3.63) is 47.0 Å². The summed E-state index contributed by atoms with van der Waals surface area (Å²) in [5.41, 5.74) is -0.206. The zero-order chi connectivity index (χ0) is 10.7. The smallest absolute Gasteiger partial charge is 0.251 e. The van der Waals surface area contributed by atoms with E-state index < -0.39 is 0 Å². The van der Waals surface area contributed by atoms with Crippen LogP contribution in [0.25, 0.3) is 0 Å². The SMILES string of the molecule is O=c1cc(Sc2ccccc2O)nc[nH]1. The van der Waals surface area contributed by atoms with Crippen molar-refractivity contribution in [2.24, 2.45) is 0 Å². The molecule has 0 aliphatic heterocycles. The average Bonchev–Trinajstić information content (AvgIpc) is 2.22. The molecule has 0 saturated carbocycles. The van der Waals surface area contributed by atoms with E-state index in [-0.39, 0.29) is 11.3 Å². The zero-order valence-electron chi connectivity index (χ0n) is 7.68. The van der Waals surface area contributed by atoms with Crippen molar-refractivity contribution in [3.63, 3.8) is 0 Å². The first kappa shape index (κ1) is 9.79. The lowest BCUT2D eigenvalue weighted by atomic mass is 10.3. The summed E-state index contributed by atoms with van der Waals surface area (Å²) in [5, 5.41) is 10.1. The molecule has 76 valence electrons. The van der Waals surface area contributed by atoms with Crippen molar-refractivity contribution < 1.29 is 5.11 Å². The zero-order valence-corrected chi connectivity index (χ0v) is 8.49. The lowest BCUT2D eigenvalue weighted by Crippen LogP contribution is -2.03. The minimum atomic E-state index is -0.206. The largest absolute Gasteiger partial charge is 0.507 e. The molecule has 0 saturated heterocycles. The number of phenols is 1. The molecule has 0 spiro atoms. The Bertz CT molecular complexity index is 525. The molecule has 0 fully saturated rings. The van der Waals surface area contributed by atoms with Crippen LogP contribution in [0.15, 0.2) is 51.4 Å². The number of benzene rings is 1. The minimum absolute atomic E-state index is 0.185. The van der Waals surface area contributed by atoms with Crippen LogP contribution in [0.1, 0.15) is 0 Å². The van der Waals surface area contributed by atoms with Gasteiger partial charge in [-0.3, -0.25) is 4.79 Å². The third kappa shape index (κ3) is 2.38. The van der Waals surface area contributed by atoms with Crippen molar-refractivity contribution in [1.82, 2.24) is 9.97 Å². The van der Waals surface area contributed by atoms with E-state index >= 15 is 0 Å². The highest BCUT2D eigenvalue weighted by atomic mass is 32.2. The summed E-state index contributed by atoms with van der Waals surface area (Å²) in [6, 6.07) is 8.30. The summed E-state index contributed by atoms with van der Waals surface area (Å²) in [4.78, 5) is 18.1. The van der Waals surface area contributed by atoms with E-state index in [1.54, 1.807) is 18.2 Å². The summed E-state index contributed by atoms with van der Waals surface area (Å²) < 4.78 is 0. The second-order valence-electron chi connectivity index (χ2n) is 2.82. The van der Waals surface area contributed by atoms with Crippen LogP contribution in [0.4, 0.5) is 0 Å². The standard InChI is InChI=1S/C10H8N2O2S/c13-7-3-1-2-4-8(7)15-10-5-9(14)11-6-12-10/h1-6,13H,(H,11,12,14). The first-order valence-electron chi connectivity index (χ1n) is 4.26. The molecule has 0 aliphatic carbocycles.